The van der Waals surface area contributed by atoms with Gasteiger partial charge in [-0.2, -0.15) is 0 Å². The molecule has 0 bridgehead atoms. The first-order chi connectivity index (χ1) is 17.9. The molecule has 0 fully saturated rings. The first-order valence-electron chi connectivity index (χ1n) is 12.6. The van der Waals surface area contributed by atoms with E-state index in [9.17, 15) is 4.79 Å². The van der Waals surface area contributed by atoms with E-state index in [1.54, 1.807) is 6.92 Å². The third-order valence-corrected chi connectivity index (χ3v) is 6.83. The lowest BCUT2D eigenvalue weighted by molar-refractivity contribution is 0.101. The Kier molecular flexibility index (Phi) is 9.19. The summed E-state index contributed by atoms with van der Waals surface area (Å²) >= 11 is 6.61. The predicted octanol–water partition coefficient (Wildman–Crippen LogP) is 9.90. The van der Waals surface area contributed by atoms with Crippen molar-refractivity contribution in [3.63, 3.8) is 0 Å². The van der Waals surface area contributed by atoms with Crippen molar-refractivity contribution >= 4 is 40.1 Å². The Bertz CT molecular complexity index is 1460. The van der Waals surface area contributed by atoms with Crippen LogP contribution in [0.15, 0.2) is 80.4 Å². The van der Waals surface area contributed by atoms with Crippen LogP contribution in [0.2, 0.25) is 5.02 Å². The lowest BCUT2D eigenvalue weighted by atomic mass is 9.92. The van der Waals surface area contributed by atoms with Crippen LogP contribution in [-0.4, -0.2) is 12.4 Å². The molecular formula is C34H36ClNO2. The maximum atomic E-state index is 12.3. The third kappa shape index (κ3) is 6.54. The zero-order valence-electron chi connectivity index (χ0n) is 23.1. The summed E-state index contributed by atoms with van der Waals surface area (Å²) < 4.78 is 5.97. The van der Waals surface area contributed by atoms with Crippen LogP contribution in [0.25, 0.3) is 28.2 Å². The number of aryl methyl sites for hydroxylation is 2. The van der Waals surface area contributed by atoms with Crippen molar-refractivity contribution in [3.05, 3.63) is 119 Å². The first-order valence-corrected chi connectivity index (χ1v) is 13.0. The highest BCUT2D eigenvalue weighted by atomic mass is 35.5. The van der Waals surface area contributed by atoms with E-state index < -0.39 is 0 Å². The number of benzene rings is 3. The van der Waals surface area contributed by atoms with Crippen LogP contribution in [0.5, 0.6) is 0 Å². The van der Waals surface area contributed by atoms with E-state index in [0.29, 0.717) is 28.6 Å². The Morgan fingerprint density at radius 2 is 1.61 bits per heavy atom. The number of hydrogen-bond donors (Lipinski definition) is 1. The van der Waals surface area contributed by atoms with Crippen molar-refractivity contribution in [3.8, 4) is 11.1 Å². The maximum Gasteiger partial charge on any atom is 0.160 e. The van der Waals surface area contributed by atoms with E-state index in [1.165, 1.54) is 0 Å². The van der Waals surface area contributed by atoms with Gasteiger partial charge in [0.1, 0.15) is 12.4 Å². The Morgan fingerprint density at radius 1 is 0.895 bits per heavy atom. The number of halogens is 1. The molecule has 0 saturated heterocycles. The highest BCUT2D eigenvalue weighted by Crippen LogP contribution is 2.36. The van der Waals surface area contributed by atoms with Gasteiger partial charge < -0.3 is 10.1 Å². The van der Waals surface area contributed by atoms with Gasteiger partial charge in [-0.3, -0.25) is 4.79 Å². The van der Waals surface area contributed by atoms with Gasteiger partial charge in [0.25, 0.3) is 0 Å². The predicted molar refractivity (Wildman–Crippen MR) is 165 cm³/mol. The smallest absolute Gasteiger partial charge is 0.160 e. The summed E-state index contributed by atoms with van der Waals surface area (Å²) in [5, 5.41) is 4.15. The molecule has 0 atom stereocenters. The zero-order chi connectivity index (χ0) is 28.1. The van der Waals surface area contributed by atoms with Crippen molar-refractivity contribution in [2.75, 3.05) is 11.9 Å². The summed E-state index contributed by atoms with van der Waals surface area (Å²) in [6.07, 6.45) is 0.829. The fourth-order valence-corrected chi connectivity index (χ4v) is 4.55. The summed E-state index contributed by atoms with van der Waals surface area (Å²) in [4.78, 5) is 12.3. The molecule has 196 valence electrons. The SMILES string of the molecule is C=C(CC)COC(=C)c1ccc(-c2ccc(C)cc2Cl)cc1NC(=C)c1cc(C(C)=O)c(C)cc1C(=C)C. The number of rotatable bonds is 11. The van der Waals surface area contributed by atoms with Gasteiger partial charge in [0.05, 0.1) is 5.69 Å². The van der Waals surface area contributed by atoms with Crippen LogP contribution >= 0.6 is 11.6 Å². The van der Waals surface area contributed by atoms with Gasteiger partial charge in [0.15, 0.2) is 5.78 Å². The molecule has 0 amide bonds. The van der Waals surface area contributed by atoms with E-state index in [1.807, 2.05) is 76.2 Å². The van der Waals surface area contributed by atoms with Crippen molar-refractivity contribution in [1.82, 2.24) is 0 Å². The molecule has 38 heavy (non-hydrogen) atoms. The van der Waals surface area contributed by atoms with Gasteiger partial charge in [0, 0.05) is 33.0 Å². The Hall–Kier alpha value is -3.82. The molecule has 0 spiro atoms. The third-order valence-electron chi connectivity index (χ3n) is 6.52. The van der Waals surface area contributed by atoms with Gasteiger partial charge in [0.2, 0.25) is 0 Å². The molecular weight excluding hydrogens is 490 g/mol. The molecule has 0 aliphatic heterocycles. The number of carbonyl (C=O) groups excluding carboxylic acids is 1. The topological polar surface area (TPSA) is 38.3 Å². The summed E-state index contributed by atoms with van der Waals surface area (Å²) in [5.41, 5.74) is 10.3. The quantitative estimate of drug-likeness (QED) is 0.154. The number of ether oxygens (including phenoxy) is 1. The highest BCUT2D eigenvalue weighted by Gasteiger charge is 2.17. The maximum absolute atomic E-state index is 12.3. The molecule has 0 saturated carbocycles. The van der Waals surface area contributed by atoms with Crippen LogP contribution < -0.4 is 5.32 Å². The monoisotopic (exact) mass is 525 g/mol. The largest absolute Gasteiger partial charge is 0.489 e. The lowest BCUT2D eigenvalue weighted by Crippen LogP contribution is -2.07. The van der Waals surface area contributed by atoms with Crippen LogP contribution in [0, 0.1) is 13.8 Å². The minimum Gasteiger partial charge on any atom is -0.489 e. The Morgan fingerprint density at radius 3 is 2.21 bits per heavy atom. The molecule has 0 aromatic heterocycles. The van der Waals surface area contributed by atoms with Gasteiger partial charge in [-0.05, 0) is 86.2 Å². The van der Waals surface area contributed by atoms with Crippen molar-refractivity contribution in [1.29, 1.82) is 0 Å². The number of Topliss-reactive ketones (excluding diaryl/α,β-unsaturated/α-hetero) is 1. The number of allylic oxidation sites excluding steroid dienone is 1. The second kappa shape index (κ2) is 12.1. The number of carbonyl (C=O) groups is 1. The van der Waals surface area contributed by atoms with Crippen LogP contribution in [0.1, 0.15) is 65.4 Å². The molecule has 3 aromatic rings. The van der Waals surface area contributed by atoms with Crippen molar-refractivity contribution in [2.24, 2.45) is 0 Å². The van der Waals surface area contributed by atoms with E-state index in [-0.39, 0.29) is 5.78 Å². The molecule has 1 N–H and O–H groups in total. The normalized spacial score (nSPS) is 10.6. The van der Waals surface area contributed by atoms with Gasteiger partial charge >= 0.3 is 0 Å². The van der Waals surface area contributed by atoms with E-state index in [0.717, 1.165) is 62.2 Å². The molecule has 0 aliphatic rings. The number of ketones is 1. The van der Waals surface area contributed by atoms with Crippen molar-refractivity contribution in [2.45, 2.75) is 41.0 Å². The minimum absolute atomic E-state index is 0.000513. The minimum atomic E-state index is -0.000513. The lowest BCUT2D eigenvalue weighted by Gasteiger charge is -2.21. The first kappa shape index (κ1) is 28.7. The van der Waals surface area contributed by atoms with Gasteiger partial charge in [-0.25, -0.2) is 0 Å². The van der Waals surface area contributed by atoms with Crippen LogP contribution in [0.3, 0.4) is 0 Å². The molecule has 4 heteroatoms. The second-order valence-corrected chi connectivity index (χ2v) is 10.1. The summed E-state index contributed by atoms with van der Waals surface area (Å²) in [6.45, 7) is 26.6. The number of nitrogens with one attached hydrogen (secondary N) is 1. The molecule has 0 radical (unpaired) electrons. The zero-order valence-corrected chi connectivity index (χ0v) is 23.8. The average Bonchev–Trinajstić information content (AvgIpc) is 2.86. The van der Waals surface area contributed by atoms with Crippen LogP contribution in [-0.2, 0) is 4.74 Å². The van der Waals surface area contributed by atoms with E-state index in [4.69, 9.17) is 16.3 Å². The Balaban J connectivity index is 2.11. The standard InChI is InChI=1S/C34H36ClNO2/c1-10-21(4)19-38-26(9)28-14-12-27(29-13-11-22(5)15-33(29)35)17-34(28)36-24(7)32-18-31(25(8)37)23(6)16-30(32)20(2)3/h11-18,36H,2,4,7,9-10,19H2,1,3,5-6,8H3. The van der Waals surface area contributed by atoms with E-state index >= 15 is 0 Å². The fourth-order valence-electron chi connectivity index (χ4n) is 4.20. The average molecular weight is 526 g/mol. The molecule has 0 unspecified atom stereocenters. The second-order valence-electron chi connectivity index (χ2n) is 9.71. The molecule has 0 heterocycles. The Labute approximate surface area is 232 Å². The van der Waals surface area contributed by atoms with Crippen molar-refractivity contribution < 1.29 is 9.53 Å². The summed E-state index contributed by atoms with van der Waals surface area (Å²) in [5.74, 6) is 0.518. The van der Waals surface area contributed by atoms with Gasteiger partial charge in [-0.15, -0.1) is 0 Å². The number of hydrogen-bond acceptors (Lipinski definition) is 3. The molecule has 0 aliphatic carbocycles. The highest BCUT2D eigenvalue weighted by molar-refractivity contribution is 6.33. The fraction of sp³-hybridized carbons (Fsp3) is 0.206. The van der Waals surface area contributed by atoms with E-state index in [2.05, 4.69) is 31.6 Å². The van der Waals surface area contributed by atoms with Crippen LogP contribution in [0.4, 0.5) is 5.69 Å². The van der Waals surface area contributed by atoms with Gasteiger partial charge in [-0.1, -0.05) is 74.7 Å². The summed E-state index contributed by atoms with van der Waals surface area (Å²) in [6, 6.07) is 15.9. The summed E-state index contributed by atoms with van der Waals surface area (Å²) in [7, 11) is 0. The molecule has 3 rings (SSSR count). The molecule has 3 nitrogen and oxygen atoms in total. The molecule has 3 aromatic carbocycles. The number of anilines is 1.